The van der Waals surface area contributed by atoms with Crippen LogP contribution in [0.15, 0.2) is 67.0 Å². The Bertz CT molecular complexity index is 1570. The molecule has 0 aliphatic carbocycles. The molecule has 2 amide bonds. The maximum absolute atomic E-state index is 14.1. The fraction of sp³-hybridized carbons (Fsp3) is 0.115. The third-order valence-electron chi connectivity index (χ3n) is 5.96. The van der Waals surface area contributed by atoms with Gasteiger partial charge in [0, 0.05) is 45.4 Å². The quantitative estimate of drug-likeness (QED) is 0.303. The Morgan fingerprint density at radius 3 is 2.58 bits per heavy atom. The summed E-state index contributed by atoms with van der Waals surface area (Å²) in [5, 5.41) is 9.47. The van der Waals surface area contributed by atoms with Crippen molar-refractivity contribution in [3.8, 4) is 0 Å². The normalized spacial score (nSPS) is 14.8. The van der Waals surface area contributed by atoms with Crippen molar-refractivity contribution in [2.75, 3.05) is 5.32 Å². The van der Waals surface area contributed by atoms with Crippen molar-refractivity contribution in [3.05, 3.63) is 117 Å². The standard InChI is InChI=1S/C26H16ClF5N4O2/c27-20-3-2-16(28)11-18(20)23-22-19(25(38)35-23)6-13(12-36-5-1-4-33-36)7-21(22)34-24(37)14-8-15(26(30,31)32)10-17(29)9-14/h1-11,23H,12H2,(H,34,37)(H,35,38)/t23-/m0/s1. The van der Waals surface area contributed by atoms with Gasteiger partial charge in [-0.1, -0.05) is 11.6 Å². The number of nitrogens with one attached hydrogen (secondary N) is 2. The Kier molecular flexibility index (Phi) is 6.39. The molecule has 0 saturated carbocycles. The number of carbonyl (C=O) groups excluding carboxylic acids is 2. The second-order valence-electron chi connectivity index (χ2n) is 8.56. The minimum absolute atomic E-state index is 0.0520. The van der Waals surface area contributed by atoms with E-state index in [1.54, 1.807) is 29.2 Å². The van der Waals surface area contributed by atoms with Crippen LogP contribution >= 0.6 is 11.6 Å². The van der Waals surface area contributed by atoms with Crippen LogP contribution in [-0.2, 0) is 12.7 Å². The molecule has 0 spiro atoms. The Morgan fingerprint density at radius 1 is 1.08 bits per heavy atom. The zero-order valence-electron chi connectivity index (χ0n) is 19.1. The number of nitrogens with zero attached hydrogens (tertiary/aromatic N) is 2. The van der Waals surface area contributed by atoms with Crippen LogP contribution in [-0.4, -0.2) is 21.6 Å². The average Bonchev–Trinajstić information content (AvgIpc) is 3.47. The third kappa shape index (κ3) is 4.97. The number of amides is 2. The lowest BCUT2D eigenvalue weighted by Crippen LogP contribution is -2.21. The van der Waals surface area contributed by atoms with Gasteiger partial charge in [-0.2, -0.15) is 18.3 Å². The van der Waals surface area contributed by atoms with Gasteiger partial charge in [-0.3, -0.25) is 14.3 Å². The molecule has 0 saturated heterocycles. The fourth-order valence-electron chi connectivity index (χ4n) is 4.32. The number of halogens is 6. The largest absolute Gasteiger partial charge is 0.416 e. The van der Waals surface area contributed by atoms with E-state index in [4.69, 9.17) is 11.6 Å². The second-order valence-corrected chi connectivity index (χ2v) is 8.97. The van der Waals surface area contributed by atoms with E-state index < -0.39 is 46.8 Å². The molecule has 1 aliphatic rings. The summed E-state index contributed by atoms with van der Waals surface area (Å²) in [6, 6.07) is 8.85. The first-order chi connectivity index (χ1) is 18.0. The van der Waals surface area contributed by atoms with Crippen LogP contribution in [0.1, 0.15) is 49.0 Å². The topological polar surface area (TPSA) is 76.0 Å². The molecule has 1 aliphatic heterocycles. The van der Waals surface area contributed by atoms with Crippen LogP contribution in [0, 0.1) is 11.6 Å². The molecule has 0 fully saturated rings. The first-order valence-corrected chi connectivity index (χ1v) is 11.5. The van der Waals surface area contributed by atoms with Crippen molar-refractivity contribution in [3.63, 3.8) is 0 Å². The van der Waals surface area contributed by atoms with E-state index in [1.165, 1.54) is 12.1 Å². The highest BCUT2D eigenvalue weighted by Gasteiger charge is 2.35. The first-order valence-electron chi connectivity index (χ1n) is 11.1. The number of carbonyl (C=O) groups is 2. The van der Waals surface area contributed by atoms with Crippen molar-refractivity contribution in [2.45, 2.75) is 18.8 Å². The van der Waals surface area contributed by atoms with Gasteiger partial charge in [-0.15, -0.1) is 0 Å². The second kappa shape index (κ2) is 9.56. The Labute approximate surface area is 217 Å². The van der Waals surface area contributed by atoms with Gasteiger partial charge in [-0.25, -0.2) is 8.78 Å². The molecule has 38 heavy (non-hydrogen) atoms. The van der Waals surface area contributed by atoms with E-state index in [0.29, 0.717) is 17.7 Å². The van der Waals surface area contributed by atoms with Gasteiger partial charge >= 0.3 is 6.18 Å². The summed E-state index contributed by atoms with van der Waals surface area (Å²) in [6.07, 6.45) is -1.66. The third-order valence-corrected chi connectivity index (χ3v) is 6.30. The molecular weight excluding hydrogens is 531 g/mol. The van der Waals surface area contributed by atoms with Crippen molar-refractivity contribution in [1.82, 2.24) is 15.1 Å². The molecule has 2 heterocycles. The van der Waals surface area contributed by atoms with Crippen LogP contribution in [0.4, 0.5) is 27.6 Å². The summed E-state index contributed by atoms with van der Waals surface area (Å²) in [5.74, 6) is -3.44. The van der Waals surface area contributed by atoms with Crippen LogP contribution in [0.5, 0.6) is 0 Å². The molecule has 194 valence electrons. The van der Waals surface area contributed by atoms with Crippen molar-refractivity contribution < 1.29 is 31.5 Å². The fourth-order valence-corrected chi connectivity index (χ4v) is 4.54. The molecule has 1 aromatic heterocycles. The summed E-state index contributed by atoms with van der Waals surface area (Å²) in [4.78, 5) is 26.0. The zero-order chi connectivity index (χ0) is 27.2. The van der Waals surface area contributed by atoms with E-state index >= 15 is 0 Å². The summed E-state index contributed by atoms with van der Waals surface area (Å²) < 4.78 is 69.2. The Balaban J connectivity index is 1.61. The molecule has 12 heteroatoms. The Hall–Kier alpha value is -4.25. The van der Waals surface area contributed by atoms with Crippen molar-refractivity contribution >= 4 is 29.1 Å². The van der Waals surface area contributed by atoms with Crippen LogP contribution in [0.25, 0.3) is 0 Å². The molecule has 4 aromatic rings. The molecule has 2 N–H and O–H groups in total. The monoisotopic (exact) mass is 546 g/mol. The van der Waals surface area contributed by atoms with E-state index in [9.17, 15) is 31.5 Å². The van der Waals surface area contributed by atoms with Crippen molar-refractivity contribution in [1.29, 1.82) is 0 Å². The smallest absolute Gasteiger partial charge is 0.341 e. The lowest BCUT2D eigenvalue weighted by molar-refractivity contribution is -0.137. The maximum atomic E-state index is 14.1. The molecule has 1 atom stereocenters. The highest BCUT2D eigenvalue weighted by atomic mass is 35.5. The van der Waals surface area contributed by atoms with Gasteiger partial charge in [0.1, 0.15) is 11.6 Å². The maximum Gasteiger partial charge on any atom is 0.416 e. The van der Waals surface area contributed by atoms with Gasteiger partial charge in [-0.05, 0) is 60.2 Å². The summed E-state index contributed by atoms with van der Waals surface area (Å²) >= 11 is 6.28. The molecular formula is C26H16ClF5N4O2. The van der Waals surface area contributed by atoms with Gasteiger partial charge in [0.05, 0.1) is 18.2 Å². The highest BCUT2D eigenvalue weighted by molar-refractivity contribution is 6.31. The number of rotatable bonds is 5. The molecule has 0 radical (unpaired) electrons. The number of hydrogen-bond acceptors (Lipinski definition) is 3. The molecule has 0 bridgehead atoms. The van der Waals surface area contributed by atoms with E-state index in [2.05, 4.69) is 15.7 Å². The molecule has 6 nitrogen and oxygen atoms in total. The lowest BCUT2D eigenvalue weighted by Gasteiger charge is -2.19. The lowest BCUT2D eigenvalue weighted by atomic mass is 9.94. The van der Waals surface area contributed by atoms with E-state index in [0.717, 1.165) is 12.1 Å². The van der Waals surface area contributed by atoms with Crippen LogP contribution in [0.2, 0.25) is 5.02 Å². The predicted molar refractivity (Wildman–Crippen MR) is 128 cm³/mol. The highest BCUT2D eigenvalue weighted by Crippen LogP contribution is 2.40. The van der Waals surface area contributed by atoms with Gasteiger partial charge in [0.2, 0.25) is 0 Å². The predicted octanol–water partition coefficient (Wildman–Crippen LogP) is 5.97. The van der Waals surface area contributed by atoms with E-state index in [-0.39, 0.29) is 40.0 Å². The number of fused-ring (bicyclic) bond motifs is 1. The minimum Gasteiger partial charge on any atom is -0.341 e. The van der Waals surface area contributed by atoms with Gasteiger partial charge in [0.25, 0.3) is 11.8 Å². The zero-order valence-corrected chi connectivity index (χ0v) is 19.9. The van der Waals surface area contributed by atoms with Gasteiger partial charge in [0.15, 0.2) is 0 Å². The number of alkyl halides is 3. The number of hydrogen-bond donors (Lipinski definition) is 2. The van der Waals surface area contributed by atoms with E-state index in [1.807, 2.05) is 0 Å². The molecule has 3 aromatic carbocycles. The molecule has 5 rings (SSSR count). The summed E-state index contributed by atoms with van der Waals surface area (Å²) in [5.41, 5.74) is -0.754. The summed E-state index contributed by atoms with van der Waals surface area (Å²) in [6.45, 7) is 0.194. The van der Waals surface area contributed by atoms with Crippen LogP contribution < -0.4 is 10.6 Å². The number of aromatic nitrogens is 2. The minimum atomic E-state index is -4.88. The first kappa shape index (κ1) is 25.4. The van der Waals surface area contributed by atoms with Gasteiger partial charge < -0.3 is 10.6 Å². The van der Waals surface area contributed by atoms with Crippen molar-refractivity contribution in [2.24, 2.45) is 0 Å². The summed E-state index contributed by atoms with van der Waals surface area (Å²) in [7, 11) is 0. The molecule has 0 unspecified atom stereocenters. The number of anilines is 1. The SMILES string of the molecule is O=C(Nc1cc(Cn2cccn2)cc2c1[C@H](c1cc(F)ccc1Cl)NC2=O)c1cc(F)cc(C(F)(F)F)c1. The number of benzene rings is 3. The Morgan fingerprint density at radius 2 is 1.87 bits per heavy atom. The average molecular weight is 547 g/mol. The van der Waals surface area contributed by atoms with Crippen LogP contribution in [0.3, 0.4) is 0 Å².